The molecule has 1 aliphatic heterocycles. The monoisotopic (exact) mass is 419 g/mol. The zero-order valence-corrected chi connectivity index (χ0v) is 14.6. The van der Waals surface area contributed by atoms with Gasteiger partial charge in [-0.15, -0.1) is 0 Å². The number of rotatable bonds is 4. The van der Waals surface area contributed by atoms with Gasteiger partial charge in [-0.05, 0) is 31.5 Å². The standard InChI is InChI=1S/C15H15F6NO4S/c1-8(13(23)22-11-2-3-27(24,25)7-11)26-12-5-9(14(16,17)18)4-10(6-12)15(19,20)21/h4-6,8,11H,2-3,7H2,1H3,(H,22,23)/t8-,11+/m0/s1. The molecule has 27 heavy (non-hydrogen) atoms. The summed E-state index contributed by atoms with van der Waals surface area (Å²) in [4.78, 5) is 12.0. The van der Waals surface area contributed by atoms with Crippen molar-refractivity contribution < 1.29 is 44.3 Å². The van der Waals surface area contributed by atoms with Gasteiger partial charge in [0, 0.05) is 6.04 Å². The molecule has 0 saturated carbocycles. The van der Waals surface area contributed by atoms with Crippen LogP contribution in [0, 0.1) is 0 Å². The molecule has 0 aliphatic carbocycles. The molecular formula is C15H15F6NO4S. The number of sulfone groups is 1. The molecule has 1 fully saturated rings. The second-order valence-corrected chi connectivity index (χ2v) is 8.34. The van der Waals surface area contributed by atoms with E-state index in [0.717, 1.165) is 6.92 Å². The topological polar surface area (TPSA) is 72.5 Å². The molecule has 2 rings (SSSR count). The lowest BCUT2D eigenvalue weighted by molar-refractivity contribution is -0.143. The minimum absolute atomic E-state index is 0.0546. The first-order chi connectivity index (χ1) is 12.2. The third-order valence-electron chi connectivity index (χ3n) is 3.82. The number of amides is 1. The van der Waals surface area contributed by atoms with Gasteiger partial charge in [0.05, 0.1) is 22.6 Å². The van der Waals surface area contributed by atoms with E-state index in [1.54, 1.807) is 0 Å². The maximum Gasteiger partial charge on any atom is 0.416 e. The van der Waals surface area contributed by atoms with Crippen molar-refractivity contribution in [2.75, 3.05) is 11.5 Å². The Bertz CT molecular complexity index is 786. The Morgan fingerprint density at radius 3 is 2.04 bits per heavy atom. The summed E-state index contributed by atoms with van der Waals surface area (Å²) in [5, 5.41) is 2.36. The van der Waals surface area contributed by atoms with Crippen LogP contribution < -0.4 is 10.1 Å². The van der Waals surface area contributed by atoms with E-state index in [-0.39, 0.29) is 24.0 Å². The second kappa shape index (κ2) is 7.21. The number of nitrogens with one attached hydrogen (secondary N) is 1. The van der Waals surface area contributed by atoms with Crippen molar-refractivity contribution in [3.05, 3.63) is 29.3 Å². The van der Waals surface area contributed by atoms with Gasteiger partial charge in [-0.3, -0.25) is 4.79 Å². The predicted molar refractivity (Wildman–Crippen MR) is 81.7 cm³/mol. The van der Waals surface area contributed by atoms with Crippen molar-refractivity contribution in [1.82, 2.24) is 5.32 Å². The van der Waals surface area contributed by atoms with E-state index >= 15 is 0 Å². The molecule has 5 nitrogen and oxygen atoms in total. The number of hydrogen-bond acceptors (Lipinski definition) is 4. The van der Waals surface area contributed by atoms with Crippen molar-refractivity contribution in [2.45, 2.75) is 37.8 Å². The molecule has 1 saturated heterocycles. The van der Waals surface area contributed by atoms with Crippen molar-refractivity contribution in [2.24, 2.45) is 0 Å². The van der Waals surface area contributed by atoms with Crippen LogP contribution >= 0.6 is 0 Å². The lowest BCUT2D eigenvalue weighted by Gasteiger charge is -2.19. The Labute approximate surface area is 150 Å². The van der Waals surface area contributed by atoms with Gasteiger partial charge in [0.25, 0.3) is 5.91 Å². The zero-order valence-electron chi connectivity index (χ0n) is 13.8. The molecule has 0 bridgehead atoms. The Hall–Kier alpha value is -1.98. The van der Waals surface area contributed by atoms with E-state index in [2.05, 4.69) is 5.32 Å². The smallest absolute Gasteiger partial charge is 0.416 e. The highest BCUT2D eigenvalue weighted by molar-refractivity contribution is 7.91. The molecule has 0 spiro atoms. The summed E-state index contributed by atoms with van der Waals surface area (Å²) in [5.74, 6) is -2.02. The third-order valence-corrected chi connectivity index (χ3v) is 5.59. The van der Waals surface area contributed by atoms with Crippen molar-refractivity contribution in [3.8, 4) is 5.75 Å². The largest absolute Gasteiger partial charge is 0.481 e. The van der Waals surface area contributed by atoms with Gasteiger partial charge in [-0.2, -0.15) is 26.3 Å². The lowest BCUT2D eigenvalue weighted by Crippen LogP contribution is -2.43. The molecule has 1 N–H and O–H groups in total. The van der Waals surface area contributed by atoms with Crippen LogP contribution in [0.5, 0.6) is 5.75 Å². The first-order valence-electron chi connectivity index (χ1n) is 7.64. The molecular weight excluding hydrogens is 404 g/mol. The number of alkyl halides is 6. The van der Waals surface area contributed by atoms with Crippen LogP contribution in [0.2, 0.25) is 0 Å². The maximum absolute atomic E-state index is 12.8. The molecule has 1 amide bonds. The Morgan fingerprint density at radius 2 is 1.63 bits per heavy atom. The summed E-state index contributed by atoms with van der Waals surface area (Å²) in [5.41, 5.74) is -3.14. The average molecular weight is 419 g/mol. The molecule has 1 heterocycles. The normalized spacial score (nSPS) is 20.9. The average Bonchev–Trinajstić information content (AvgIpc) is 2.83. The fourth-order valence-corrected chi connectivity index (χ4v) is 4.15. The van der Waals surface area contributed by atoms with Crippen LogP contribution in [0.4, 0.5) is 26.3 Å². The summed E-state index contributed by atoms with van der Waals surface area (Å²) in [7, 11) is -3.28. The van der Waals surface area contributed by atoms with Crippen molar-refractivity contribution >= 4 is 15.7 Å². The fourth-order valence-electron chi connectivity index (χ4n) is 2.48. The molecule has 12 heteroatoms. The third kappa shape index (κ3) is 5.75. The van der Waals surface area contributed by atoms with E-state index in [9.17, 15) is 39.6 Å². The van der Waals surface area contributed by atoms with Crippen molar-refractivity contribution in [1.29, 1.82) is 0 Å². The lowest BCUT2D eigenvalue weighted by atomic mass is 10.1. The summed E-state index contributed by atoms with van der Waals surface area (Å²) >= 11 is 0. The van der Waals surface area contributed by atoms with Crippen LogP contribution in [0.3, 0.4) is 0 Å². The van der Waals surface area contributed by atoms with E-state index < -0.39 is 57.1 Å². The predicted octanol–water partition coefficient (Wildman–Crippen LogP) is 2.79. The van der Waals surface area contributed by atoms with Crippen molar-refractivity contribution in [3.63, 3.8) is 0 Å². The number of carbonyl (C=O) groups is 1. The summed E-state index contributed by atoms with van der Waals surface area (Å²) < 4.78 is 105. The Balaban J connectivity index is 2.16. The molecule has 1 aromatic carbocycles. The number of benzene rings is 1. The number of hydrogen-bond donors (Lipinski definition) is 1. The van der Waals surface area contributed by atoms with E-state index in [0.29, 0.717) is 12.1 Å². The number of carbonyl (C=O) groups excluding carboxylic acids is 1. The van der Waals surface area contributed by atoms with Gasteiger partial charge >= 0.3 is 12.4 Å². The molecule has 1 aromatic rings. The van der Waals surface area contributed by atoms with Gasteiger partial charge in [-0.25, -0.2) is 8.42 Å². The van der Waals surface area contributed by atoms with Crippen LogP contribution in [0.15, 0.2) is 18.2 Å². The Morgan fingerprint density at radius 1 is 1.11 bits per heavy atom. The van der Waals surface area contributed by atoms with Gasteiger partial charge < -0.3 is 10.1 Å². The zero-order chi connectivity index (χ0) is 20.6. The molecule has 0 radical (unpaired) electrons. The maximum atomic E-state index is 12.8. The SMILES string of the molecule is C[C@H](Oc1cc(C(F)(F)F)cc(C(F)(F)F)c1)C(=O)N[C@@H]1CCS(=O)(=O)C1. The van der Waals surface area contributed by atoms with Gasteiger partial charge in [-0.1, -0.05) is 0 Å². The van der Waals surface area contributed by atoms with Gasteiger partial charge in [0.15, 0.2) is 15.9 Å². The van der Waals surface area contributed by atoms with Crippen LogP contribution in [-0.4, -0.2) is 38.0 Å². The minimum Gasteiger partial charge on any atom is -0.481 e. The van der Waals surface area contributed by atoms with E-state index in [1.165, 1.54) is 0 Å². The fraction of sp³-hybridized carbons (Fsp3) is 0.533. The molecule has 0 aromatic heterocycles. The highest BCUT2D eigenvalue weighted by Crippen LogP contribution is 2.38. The van der Waals surface area contributed by atoms with Gasteiger partial charge in [0.1, 0.15) is 5.75 Å². The number of ether oxygens (including phenoxy) is 1. The summed E-state index contributed by atoms with van der Waals surface area (Å²) in [6.07, 6.45) is -11.3. The summed E-state index contributed by atoms with van der Waals surface area (Å²) in [6.45, 7) is 1.13. The van der Waals surface area contributed by atoms with Gasteiger partial charge in [0.2, 0.25) is 0 Å². The molecule has 2 atom stereocenters. The molecule has 0 unspecified atom stereocenters. The Kier molecular flexibility index (Phi) is 5.69. The first-order valence-corrected chi connectivity index (χ1v) is 9.46. The van der Waals surface area contributed by atoms with E-state index in [4.69, 9.17) is 4.74 Å². The molecule has 1 aliphatic rings. The van der Waals surface area contributed by atoms with Crippen LogP contribution in [0.25, 0.3) is 0 Å². The first kappa shape index (κ1) is 21.3. The highest BCUT2D eigenvalue weighted by Gasteiger charge is 2.37. The number of halogens is 6. The molecule has 152 valence electrons. The minimum atomic E-state index is -5.04. The van der Waals surface area contributed by atoms with E-state index in [1.807, 2.05) is 0 Å². The quantitative estimate of drug-likeness (QED) is 0.762. The highest BCUT2D eigenvalue weighted by atomic mass is 32.2. The van der Waals surface area contributed by atoms with Crippen LogP contribution in [0.1, 0.15) is 24.5 Å². The summed E-state index contributed by atoms with van der Waals surface area (Å²) in [6, 6.07) is -0.0141. The second-order valence-electron chi connectivity index (χ2n) is 6.11. The van der Waals surface area contributed by atoms with Crippen LogP contribution in [-0.2, 0) is 27.0 Å².